The van der Waals surface area contributed by atoms with E-state index >= 15 is 0 Å². The first-order valence-electron chi connectivity index (χ1n) is 4.66. The summed E-state index contributed by atoms with van der Waals surface area (Å²) >= 11 is 2.69. The van der Waals surface area contributed by atoms with Crippen LogP contribution in [0.15, 0.2) is 33.6 Å². The van der Waals surface area contributed by atoms with Gasteiger partial charge in [-0.3, -0.25) is 0 Å². The number of nitrogens with zero attached hydrogens (tertiary/aromatic N) is 3. The van der Waals surface area contributed by atoms with Gasteiger partial charge in [-0.05, 0) is 29.1 Å². The second kappa shape index (κ2) is 4.19. The third-order valence-corrected chi connectivity index (χ3v) is 3.39. The zero-order chi connectivity index (χ0) is 11.7. The number of hydrogen-bond acceptors (Lipinski definition) is 7. The van der Waals surface area contributed by atoms with E-state index in [1.165, 1.54) is 22.9 Å². The van der Waals surface area contributed by atoms with Gasteiger partial charge in [0.25, 0.3) is 0 Å². The molecule has 0 radical (unpaired) electrons. The Bertz CT molecular complexity index is 600. The molecule has 0 amide bonds. The van der Waals surface area contributed by atoms with E-state index in [0.717, 1.165) is 4.88 Å². The molecule has 0 saturated carbocycles. The molecule has 0 spiro atoms. The lowest BCUT2D eigenvalue weighted by Gasteiger charge is -1.92. The molecule has 0 atom stereocenters. The molecule has 84 valence electrons. The van der Waals surface area contributed by atoms with E-state index in [4.69, 9.17) is 4.74 Å². The number of aromatic nitrogens is 2. The Morgan fingerprint density at radius 1 is 1.41 bits per heavy atom. The molecule has 0 saturated heterocycles. The van der Waals surface area contributed by atoms with E-state index in [9.17, 15) is 4.79 Å². The molecule has 3 rings (SSSR count). The number of hydrogen-bond donors (Lipinski definition) is 0. The lowest BCUT2D eigenvalue weighted by Crippen LogP contribution is -2.03. The van der Waals surface area contributed by atoms with Gasteiger partial charge in [0, 0.05) is 5.38 Å². The number of carbonyl (C=O) groups excluding carboxylic acids is 1. The Balaban J connectivity index is 1.95. The monoisotopic (exact) mass is 263 g/mol. The van der Waals surface area contributed by atoms with Gasteiger partial charge in [-0.25, -0.2) is 9.79 Å². The molecule has 7 heteroatoms. The minimum Gasteiger partial charge on any atom is -0.401 e. The topological polar surface area (TPSA) is 64.4 Å². The van der Waals surface area contributed by atoms with Crippen LogP contribution < -0.4 is 0 Å². The molecular formula is C10H5N3O2S2. The molecule has 1 aliphatic rings. The van der Waals surface area contributed by atoms with E-state index in [2.05, 4.69) is 14.6 Å². The van der Waals surface area contributed by atoms with Crippen molar-refractivity contribution < 1.29 is 9.53 Å². The van der Waals surface area contributed by atoms with Crippen LogP contribution in [0.25, 0.3) is 6.08 Å². The van der Waals surface area contributed by atoms with Crippen LogP contribution in [0.4, 0.5) is 0 Å². The van der Waals surface area contributed by atoms with E-state index in [-0.39, 0.29) is 5.70 Å². The first-order valence-corrected chi connectivity index (χ1v) is 6.38. The highest BCUT2D eigenvalue weighted by atomic mass is 32.1. The molecule has 2 aromatic heterocycles. The predicted molar refractivity (Wildman–Crippen MR) is 64.8 cm³/mol. The zero-order valence-corrected chi connectivity index (χ0v) is 9.99. The van der Waals surface area contributed by atoms with Gasteiger partial charge in [-0.1, -0.05) is 10.6 Å². The molecular weight excluding hydrogens is 258 g/mol. The smallest absolute Gasteiger partial charge is 0.363 e. The van der Waals surface area contributed by atoms with Crippen molar-refractivity contribution in [2.75, 3.05) is 0 Å². The average molecular weight is 263 g/mol. The minimum absolute atomic E-state index is 0.251. The number of aliphatic imine (C=N–C) groups is 1. The molecule has 0 unspecified atom stereocenters. The molecule has 2 aromatic rings. The fourth-order valence-electron chi connectivity index (χ4n) is 1.29. The Kier molecular flexibility index (Phi) is 2.54. The van der Waals surface area contributed by atoms with Gasteiger partial charge in [0.2, 0.25) is 5.90 Å². The van der Waals surface area contributed by atoms with Crippen molar-refractivity contribution in [3.63, 3.8) is 0 Å². The summed E-state index contributed by atoms with van der Waals surface area (Å²) in [5.41, 5.74) is 0.860. The zero-order valence-electron chi connectivity index (χ0n) is 8.36. The fraction of sp³-hybridized carbons (Fsp3) is 0. The van der Waals surface area contributed by atoms with Crippen LogP contribution in [0.5, 0.6) is 0 Å². The molecule has 0 aliphatic carbocycles. The Hall–Kier alpha value is -1.86. The highest BCUT2D eigenvalue weighted by molar-refractivity contribution is 7.12. The molecule has 0 aromatic carbocycles. The third kappa shape index (κ3) is 2.02. The molecule has 0 bridgehead atoms. The molecule has 1 aliphatic heterocycles. The van der Waals surface area contributed by atoms with Crippen LogP contribution >= 0.6 is 22.9 Å². The van der Waals surface area contributed by atoms with Gasteiger partial charge < -0.3 is 4.74 Å². The van der Waals surface area contributed by atoms with Gasteiger partial charge in [-0.2, -0.15) is 0 Å². The maximum Gasteiger partial charge on any atom is 0.363 e. The van der Waals surface area contributed by atoms with E-state index in [0.29, 0.717) is 11.6 Å². The maximum absolute atomic E-state index is 11.6. The summed E-state index contributed by atoms with van der Waals surface area (Å²) in [6.07, 6.45) is 1.56. The molecule has 17 heavy (non-hydrogen) atoms. The van der Waals surface area contributed by atoms with Gasteiger partial charge in [0.15, 0.2) is 5.70 Å². The third-order valence-electron chi connectivity index (χ3n) is 2.01. The van der Waals surface area contributed by atoms with Crippen molar-refractivity contribution in [1.82, 2.24) is 9.59 Å². The summed E-state index contributed by atoms with van der Waals surface area (Å²) in [5, 5.41) is 7.46. The van der Waals surface area contributed by atoms with Crippen molar-refractivity contribution in [3.8, 4) is 0 Å². The molecule has 3 heterocycles. The second-order valence-corrected chi connectivity index (χ2v) is 4.70. The lowest BCUT2D eigenvalue weighted by molar-refractivity contribution is -0.129. The Morgan fingerprint density at radius 2 is 2.35 bits per heavy atom. The summed E-state index contributed by atoms with van der Waals surface area (Å²) < 4.78 is 8.78. The SMILES string of the molecule is O=C1OC(c2cccs2)=NC1=Cc1csnn1. The number of esters is 1. The van der Waals surface area contributed by atoms with Crippen molar-refractivity contribution in [3.05, 3.63) is 39.2 Å². The van der Waals surface area contributed by atoms with Gasteiger partial charge in [0.05, 0.1) is 4.88 Å². The van der Waals surface area contributed by atoms with Crippen molar-refractivity contribution in [2.24, 2.45) is 4.99 Å². The van der Waals surface area contributed by atoms with E-state index in [1.807, 2.05) is 17.5 Å². The standard InChI is InChI=1S/C10H5N3O2S2/c14-10-7(4-6-5-17-13-12-6)11-9(15-10)8-2-1-3-16-8/h1-5H. The number of carbonyl (C=O) groups is 1. The Morgan fingerprint density at radius 3 is 3.06 bits per heavy atom. The lowest BCUT2D eigenvalue weighted by atomic mass is 10.3. The minimum atomic E-state index is -0.457. The van der Waals surface area contributed by atoms with Crippen LogP contribution in [0.2, 0.25) is 0 Å². The Labute approximate surface area is 104 Å². The largest absolute Gasteiger partial charge is 0.401 e. The van der Waals surface area contributed by atoms with E-state index in [1.54, 1.807) is 11.5 Å². The van der Waals surface area contributed by atoms with Gasteiger partial charge in [0.1, 0.15) is 5.69 Å². The highest BCUT2D eigenvalue weighted by Crippen LogP contribution is 2.21. The quantitative estimate of drug-likeness (QED) is 0.613. The molecule has 0 N–H and O–H groups in total. The predicted octanol–water partition coefficient (Wildman–Crippen LogP) is 1.94. The summed E-state index contributed by atoms with van der Waals surface area (Å²) in [5.74, 6) is -0.110. The van der Waals surface area contributed by atoms with Crippen LogP contribution in [-0.4, -0.2) is 21.5 Å². The van der Waals surface area contributed by atoms with Crippen molar-refractivity contribution >= 4 is 40.8 Å². The molecule has 5 nitrogen and oxygen atoms in total. The first kappa shape index (κ1) is 10.3. The first-order chi connectivity index (χ1) is 8.33. The summed E-state index contributed by atoms with van der Waals surface area (Å²) in [7, 11) is 0. The number of rotatable bonds is 2. The van der Waals surface area contributed by atoms with Gasteiger partial charge >= 0.3 is 5.97 Å². The van der Waals surface area contributed by atoms with Crippen molar-refractivity contribution in [1.29, 1.82) is 0 Å². The number of thiophene rings is 1. The van der Waals surface area contributed by atoms with E-state index < -0.39 is 5.97 Å². The van der Waals surface area contributed by atoms with Crippen molar-refractivity contribution in [2.45, 2.75) is 0 Å². The normalized spacial score (nSPS) is 17.3. The van der Waals surface area contributed by atoms with Gasteiger partial charge in [-0.15, -0.1) is 16.4 Å². The van der Waals surface area contributed by atoms with Crippen LogP contribution in [0.3, 0.4) is 0 Å². The average Bonchev–Trinajstić information content (AvgIpc) is 3.02. The summed E-state index contributed by atoms with van der Waals surface area (Å²) in [6.45, 7) is 0. The number of cyclic esters (lactones) is 1. The summed E-state index contributed by atoms with van der Waals surface area (Å²) in [6, 6.07) is 3.73. The second-order valence-electron chi connectivity index (χ2n) is 3.14. The molecule has 0 fully saturated rings. The van der Waals surface area contributed by atoms with Crippen LogP contribution in [0, 0.1) is 0 Å². The fourth-order valence-corrected chi connectivity index (χ4v) is 2.35. The number of ether oxygens (including phenoxy) is 1. The summed E-state index contributed by atoms with van der Waals surface area (Å²) in [4.78, 5) is 16.5. The van der Waals surface area contributed by atoms with Crippen LogP contribution in [0.1, 0.15) is 10.6 Å². The maximum atomic E-state index is 11.6. The highest BCUT2D eigenvalue weighted by Gasteiger charge is 2.24. The van der Waals surface area contributed by atoms with Crippen LogP contribution in [-0.2, 0) is 9.53 Å².